The molecule has 0 saturated heterocycles. The Balaban J connectivity index is 1.97. The van der Waals surface area contributed by atoms with E-state index >= 15 is 0 Å². The van der Waals surface area contributed by atoms with Crippen LogP contribution in [-0.4, -0.2) is 29.3 Å². The zero-order chi connectivity index (χ0) is 16.4. The van der Waals surface area contributed by atoms with E-state index in [1.165, 1.54) is 6.07 Å². The van der Waals surface area contributed by atoms with Gasteiger partial charge in [0.05, 0.1) is 23.1 Å². The van der Waals surface area contributed by atoms with Crippen molar-refractivity contribution in [2.75, 3.05) is 24.3 Å². The molecular formula is C16H16FN5O. The van der Waals surface area contributed by atoms with Crippen LogP contribution in [0.5, 0.6) is 0 Å². The molecule has 118 valence electrons. The molecule has 0 saturated carbocycles. The number of nitrogens with zero attached hydrogens (tertiary/aromatic N) is 4. The Morgan fingerprint density at radius 2 is 1.96 bits per heavy atom. The molecule has 0 aliphatic carbocycles. The highest BCUT2D eigenvalue weighted by Gasteiger charge is 2.15. The van der Waals surface area contributed by atoms with Crippen molar-refractivity contribution < 1.29 is 8.81 Å². The fraction of sp³-hybridized carbons (Fsp3) is 0.188. The number of pyridine rings is 1. The SMILES string of the molecule is Cc1ccc(Nc2cnccc2-c2nnc(N(C)C)o2)c(F)c1. The van der Waals surface area contributed by atoms with Gasteiger partial charge in [-0.1, -0.05) is 11.2 Å². The third-order valence-corrected chi connectivity index (χ3v) is 3.24. The van der Waals surface area contributed by atoms with Crippen LogP contribution >= 0.6 is 0 Å². The molecule has 2 aromatic heterocycles. The van der Waals surface area contributed by atoms with Gasteiger partial charge in [-0.3, -0.25) is 4.98 Å². The van der Waals surface area contributed by atoms with Gasteiger partial charge in [0.25, 0.3) is 5.89 Å². The molecule has 0 radical (unpaired) electrons. The van der Waals surface area contributed by atoms with Crippen molar-refractivity contribution in [3.05, 3.63) is 48.0 Å². The maximum Gasteiger partial charge on any atom is 0.317 e. The minimum Gasteiger partial charge on any atom is -0.403 e. The first-order chi connectivity index (χ1) is 11.0. The number of aromatic nitrogens is 3. The Bertz CT molecular complexity index is 831. The smallest absolute Gasteiger partial charge is 0.317 e. The number of benzene rings is 1. The largest absolute Gasteiger partial charge is 0.403 e. The molecule has 0 aliphatic heterocycles. The first-order valence-corrected chi connectivity index (χ1v) is 7.03. The lowest BCUT2D eigenvalue weighted by Crippen LogP contribution is -2.08. The summed E-state index contributed by atoms with van der Waals surface area (Å²) in [5.41, 5.74) is 2.45. The van der Waals surface area contributed by atoms with Crippen LogP contribution < -0.4 is 10.2 Å². The first kappa shape index (κ1) is 15.0. The number of hydrogen-bond acceptors (Lipinski definition) is 6. The molecule has 7 heteroatoms. The number of anilines is 3. The van der Waals surface area contributed by atoms with E-state index in [1.807, 2.05) is 27.1 Å². The van der Waals surface area contributed by atoms with Crippen LogP contribution in [0.25, 0.3) is 11.5 Å². The monoisotopic (exact) mass is 313 g/mol. The van der Waals surface area contributed by atoms with Crippen molar-refractivity contribution in [2.45, 2.75) is 6.92 Å². The molecule has 0 amide bonds. The summed E-state index contributed by atoms with van der Waals surface area (Å²) in [5, 5.41) is 11.0. The number of aryl methyl sites for hydroxylation is 1. The molecule has 0 atom stereocenters. The summed E-state index contributed by atoms with van der Waals surface area (Å²) in [6, 6.07) is 7.11. The maximum atomic E-state index is 14.0. The van der Waals surface area contributed by atoms with Crippen LogP contribution in [0.1, 0.15) is 5.56 Å². The molecule has 0 bridgehead atoms. The summed E-state index contributed by atoms with van der Waals surface area (Å²) in [4.78, 5) is 5.78. The molecule has 0 aliphatic rings. The number of rotatable bonds is 4. The highest BCUT2D eigenvalue weighted by atomic mass is 19.1. The maximum absolute atomic E-state index is 14.0. The van der Waals surface area contributed by atoms with E-state index in [4.69, 9.17) is 4.42 Å². The van der Waals surface area contributed by atoms with Crippen molar-refractivity contribution in [1.82, 2.24) is 15.2 Å². The molecule has 3 aromatic rings. The lowest BCUT2D eigenvalue weighted by atomic mass is 10.2. The number of nitrogens with one attached hydrogen (secondary N) is 1. The quantitative estimate of drug-likeness (QED) is 0.796. The minimum atomic E-state index is -0.334. The zero-order valence-corrected chi connectivity index (χ0v) is 13.0. The number of halogens is 1. The van der Waals surface area contributed by atoms with E-state index in [-0.39, 0.29) is 5.82 Å². The van der Waals surface area contributed by atoms with Gasteiger partial charge in [-0.15, -0.1) is 5.10 Å². The zero-order valence-electron chi connectivity index (χ0n) is 13.0. The minimum absolute atomic E-state index is 0.334. The summed E-state index contributed by atoms with van der Waals surface area (Å²) in [6.45, 7) is 1.84. The molecule has 6 nitrogen and oxygen atoms in total. The van der Waals surface area contributed by atoms with Gasteiger partial charge in [0.1, 0.15) is 5.82 Å². The molecule has 2 heterocycles. The van der Waals surface area contributed by atoms with E-state index in [2.05, 4.69) is 20.5 Å². The highest BCUT2D eigenvalue weighted by Crippen LogP contribution is 2.30. The first-order valence-electron chi connectivity index (χ1n) is 7.03. The Labute approximate surface area is 133 Å². The molecule has 3 rings (SSSR count). The third-order valence-electron chi connectivity index (χ3n) is 3.24. The third kappa shape index (κ3) is 3.13. The van der Waals surface area contributed by atoms with Gasteiger partial charge in [-0.25, -0.2) is 4.39 Å². The Kier molecular flexibility index (Phi) is 3.92. The van der Waals surface area contributed by atoms with E-state index < -0.39 is 0 Å². The summed E-state index contributed by atoms with van der Waals surface area (Å²) >= 11 is 0. The van der Waals surface area contributed by atoms with Crippen molar-refractivity contribution >= 4 is 17.4 Å². The lowest BCUT2D eigenvalue weighted by molar-refractivity contribution is 0.566. The second-order valence-electron chi connectivity index (χ2n) is 5.31. The summed E-state index contributed by atoms with van der Waals surface area (Å²) in [6.07, 6.45) is 3.21. The van der Waals surface area contributed by atoms with Crippen molar-refractivity contribution in [1.29, 1.82) is 0 Å². The molecule has 1 aromatic carbocycles. The standard InChI is InChI=1S/C16H16FN5O/c1-10-4-5-13(12(17)8-10)19-14-9-18-7-6-11(14)15-20-21-16(23-15)22(2)3/h4-9,19H,1-3H3. The van der Waals surface area contributed by atoms with Crippen LogP contribution in [0.3, 0.4) is 0 Å². The van der Waals surface area contributed by atoms with E-state index in [0.717, 1.165) is 5.56 Å². The fourth-order valence-corrected chi connectivity index (χ4v) is 2.05. The number of hydrogen-bond donors (Lipinski definition) is 1. The lowest BCUT2D eigenvalue weighted by Gasteiger charge is -2.10. The Hall–Kier alpha value is -2.96. The average Bonchev–Trinajstić information content (AvgIpc) is 3.00. The summed E-state index contributed by atoms with van der Waals surface area (Å²) < 4.78 is 19.6. The van der Waals surface area contributed by atoms with Crippen LogP contribution in [0, 0.1) is 12.7 Å². The van der Waals surface area contributed by atoms with E-state index in [9.17, 15) is 4.39 Å². The van der Waals surface area contributed by atoms with Crippen LogP contribution in [0.2, 0.25) is 0 Å². The molecular weight excluding hydrogens is 297 g/mol. The summed E-state index contributed by atoms with van der Waals surface area (Å²) in [5.74, 6) is 0.00503. The van der Waals surface area contributed by atoms with E-state index in [0.29, 0.717) is 28.8 Å². The Morgan fingerprint density at radius 3 is 2.65 bits per heavy atom. The van der Waals surface area contributed by atoms with Gasteiger partial charge in [-0.05, 0) is 30.7 Å². The second-order valence-corrected chi connectivity index (χ2v) is 5.31. The van der Waals surface area contributed by atoms with Gasteiger partial charge >= 0.3 is 6.01 Å². The van der Waals surface area contributed by atoms with Gasteiger partial charge in [0.15, 0.2) is 0 Å². The van der Waals surface area contributed by atoms with E-state index in [1.54, 1.807) is 29.4 Å². The van der Waals surface area contributed by atoms with Crippen LogP contribution in [0.4, 0.5) is 21.8 Å². The molecule has 1 N–H and O–H groups in total. The predicted octanol–water partition coefficient (Wildman–Crippen LogP) is 3.39. The van der Waals surface area contributed by atoms with Crippen LogP contribution in [0.15, 0.2) is 41.1 Å². The van der Waals surface area contributed by atoms with Gasteiger partial charge in [0.2, 0.25) is 0 Å². The normalized spacial score (nSPS) is 10.6. The fourth-order valence-electron chi connectivity index (χ4n) is 2.05. The topological polar surface area (TPSA) is 67.1 Å². The van der Waals surface area contributed by atoms with Crippen molar-refractivity contribution in [3.8, 4) is 11.5 Å². The predicted molar refractivity (Wildman–Crippen MR) is 86.3 cm³/mol. The van der Waals surface area contributed by atoms with Gasteiger partial charge in [-0.2, -0.15) is 0 Å². The average molecular weight is 313 g/mol. The highest BCUT2D eigenvalue weighted by molar-refractivity contribution is 5.76. The van der Waals surface area contributed by atoms with Crippen molar-refractivity contribution in [3.63, 3.8) is 0 Å². The van der Waals surface area contributed by atoms with Crippen molar-refractivity contribution in [2.24, 2.45) is 0 Å². The molecule has 0 fully saturated rings. The molecule has 0 unspecified atom stereocenters. The van der Waals surface area contributed by atoms with Gasteiger partial charge in [0, 0.05) is 20.3 Å². The van der Waals surface area contributed by atoms with Crippen LogP contribution in [-0.2, 0) is 0 Å². The summed E-state index contributed by atoms with van der Waals surface area (Å²) in [7, 11) is 3.62. The molecule has 0 spiro atoms. The van der Waals surface area contributed by atoms with Gasteiger partial charge < -0.3 is 14.6 Å². The Morgan fingerprint density at radius 1 is 1.13 bits per heavy atom. The molecule has 23 heavy (non-hydrogen) atoms. The second kappa shape index (κ2) is 6.04.